The molecule has 0 N–H and O–H groups in total. The fourth-order valence-electron chi connectivity index (χ4n) is 1.94. The molecule has 17 heavy (non-hydrogen) atoms. The Morgan fingerprint density at radius 1 is 1.00 bits per heavy atom. The molecule has 0 atom stereocenters. The average Bonchev–Trinajstić information content (AvgIpc) is 2.72. The second-order valence-corrected chi connectivity index (χ2v) is 4.87. The highest BCUT2D eigenvalue weighted by molar-refractivity contribution is 9.10. The van der Waals surface area contributed by atoms with Gasteiger partial charge in [-0.1, -0.05) is 40.2 Å². The summed E-state index contributed by atoms with van der Waals surface area (Å²) >= 11 is 3.40. The molecule has 0 bridgehead atoms. The Bertz CT molecular complexity index is 588. The summed E-state index contributed by atoms with van der Waals surface area (Å²) in [5.41, 5.74) is 3.78. The molecule has 2 aromatic rings. The second-order valence-electron chi connectivity index (χ2n) is 3.95. The van der Waals surface area contributed by atoms with Crippen LogP contribution >= 0.6 is 15.9 Å². The van der Waals surface area contributed by atoms with Crippen LogP contribution in [0.15, 0.2) is 46.9 Å². The molecule has 0 saturated heterocycles. The number of halogens is 1. The summed E-state index contributed by atoms with van der Waals surface area (Å²) in [6.07, 6.45) is 0. The van der Waals surface area contributed by atoms with Crippen LogP contribution < -0.4 is 0 Å². The predicted molar refractivity (Wildman–Crippen MR) is 68.7 cm³/mol. The number of cyclic esters (lactones) is 1. The van der Waals surface area contributed by atoms with E-state index >= 15 is 0 Å². The van der Waals surface area contributed by atoms with E-state index in [9.17, 15) is 4.79 Å². The molecular weight excluding hydrogens is 280 g/mol. The van der Waals surface area contributed by atoms with E-state index in [0.717, 1.165) is 21.2 Å². The van der Waals surface area contributed by atoms with Crippen LogP contribution in [0.1, 0.15) is 15.9 Å². The molecule has 0 fully saturated rings. The minimum Gasteiger partial charge on any atom is -0.457 e. The molecule has 2 aromatic carbocycles. The lowest BCUT2D eigenvalue weighted by atomic mass is 10.0. The molecule has 0 saturated carbocycles. The Morgan fingerprint density at radius 3 is 2.47 bits per heavy atom. The van der Waals surface area contributed by atoms with Gasteiger partial charge >= 0.3 is 5.97 Å². The van der Waals surface area contributed by atoms with Gasteiger partial charge in [-0.15, -0.1) is 0 Å². The van der Waals surface area contributed by atoms with Crippen LogP contribution in [0.2, 0.25) is 0 Å². The van der Waals surface area contributed by atoms with Crippen molar-refractivity contribution in [1.29, 1.82) is 0 Å². The normalized spacial score (nSPS) is 13.4. The van der Waals surface area contributed by atoms with E-state index in [1.54, 1.807) is 0 Å². The Balaban J connectivity index is 2.08. The quantitative estimate of drug-likeness (QED) is 0.747. The number of rotatable bonds is 1. The molecule has 0 spiro atoms. The minimum atomic E-state index is -0.223. The molecule has 2 nitrogen and oxygen atoms in total. The molecule has 0 aromatic heterocycles. The predicted octanol–water partition coefficient (Wildman–Crippen LogP) is 3.79. The van der Waals surface area contributed by atoms with Gasteiger partial charge in [0.1, 0.15) is 6.61 Å². The number of esters is 1. The molecule has 1 aliphatic heterocycles. The van der Waals surface area contributed by atoms with Gasteiger partial charge in [-0.3, -0.25) is 0 Å². The number of carbonyl (C=O) groups excluding carboxylic acids is 1. The molecule has 0 unspecified atom stereocenters. The fourth-order valence-corrected chi connectivity index (χ4v) is 2.20. The molecule has 3 heteroatoms. The fraction of sp³-hybridized carbons (Fsp3) is 0.0714. The third kappa shape index (κ3) is 1.87. The Labute approximate surface area is 107 Å². The maximum Gasteiger partial charge on any atom is 0.338 e. The smallest absolute Gasteiger partial charge is 0.338 e. The number of carbonyl (C=O) groups is 1. The van der Waals surface area contributed by atoms with Crippen molar-refractivity contribution in [2.75, 3.05) is 0 Å². The maximum atomic E-state index is 11.5. The number of benzene rings is 2. The van der Waals surface area contributed by atoms with Crippen LogP contribution in [0, 0.1) is 0 Å². The highest BCUT2D eigenvalue weighted by Gasteiger charge is 2.21. The number of hydrogen-bond donors (Lipinski definition) is 0. The van der Waals surface area contributed by atoms with Gasteiger partial charge in [-0.2, -0.15) is 0 Å². The SMILES string of the molecule is O=C1OCc2ccc(-c3ccc(Br)cc3)cc21. The van der Waals surface area contributed by atoms with Crippen LogP contribution in [0.25, 0.3) is 11.1 Å². The number of hydrogen-bond acceptors (Lipinski definition) is 2. The summed E-state index contributed by atoms with van der Waals surface area (Å²) in [7, 11) is 0. The monoisotopic (exact) mass is 288 g/mol. The first kappa shape index (κ1) is 10.5. The number of ether oxygens (including phenoxy) is 1. The van der Waals surface area contributed by atoms with Crippen molar-refractivity contribution < 1.29 is 9.53 Å². The van der Waals surface area contributed by atoms with Crippen molar-refractivity contribution in [3.63, 3.8) is 0 Å². The zero-order valence-corrected chi connectivity index (χ0v) is 10.5. The summed E-state index contributed by atoms with van der Waals surface area (Å²) in [6.45, 7) is 0.398. The first-order chi connectivity index (χ1) is 8.24. The van der Waals surface area contributed by atoms with Crippen molar-refractivity contribution in [3.8, 4) is 11.1 Å². The van der Waals surface area contributed by atoms with Gasteiger partial charge in [0.05, 0.1) is 5.56 Å². The average molecular weight is 289 g/mol. The number of fused-ring (bicyclic) bond motifs is 1. The summed E-state index contributed by atoms with van der Waals surface area (Å²) in [5, 5.41) is 0. The first-order valence-electron chi connectivity index (χ1n) is 5.30. The van der Waals surface area contributed by atoms with Crippen molar-refractivity contribution in [3.05, 3.63) is 58.1 Å². The molecule has 0 radical (unpaired) electrons. The third-order valence-corrected chi connectivity index (χ3v) is 3.39. The van der Waals surface area contributed by atoms with Crippen LogP contribution in [-0.2, 0) is 11.3 Å². The van der Waals surface area contributed by atoms with Gasteiger partial charge < -0.3 is 4.74 Å². The molecule has 0 aliphatic carbocycles. The van der Waals surface area contributed by atoms with E-state index < -0.39 is 0 Å². The molecule has 0 amide bonds. The van der Waals surface area contributed by atoms with Crippen molar-refractivity contribution in [2.24, 2.45) is 0 Å². The third-order valence-electron chi connectivity index (χ3n) is 2.87. The van der Waals surface area contributed by atoms with Crippen molar-refractivity contribution >= 4 is 21.9 Å². The molecule has 1 aliphatic rings. The lowest BCUT2D eigenvalue weighted by Crippen LogP contribution is -1.93. The highest BCUT2D eigenvalue weighted by atomic mass is 79.9. The van der Waals surface area contributed by atoms with Gasteiger partial charge in [0.25, 0.3) is 0 Å². The standard InChI is InChI=1S/C14H9BrO2/c15-12-5-3-9(4-6-12)10-1-2-11-8-17-14(16)13(11)7-10/h1-7H,8H2. The lowest BCUT2D eigenvalue weighted by Gasteiger charge is -2.03. The lowest BCUT2D eigenvalue weighted by molar-refractivity contribution is 0.0535. The van der Waals surface area contributed by atoms with Crippen molar-refractivity contribution in [1.82, 2.24) is 0 Å². The second kappa shape index (κ2) is 4.00. The topological polar surface area (TPSA) is 26.3 Å². The van der Waals surface area contributed by atoms with Gasteiger partial charge in [0.2, 0.25) is 0 Å². The zero-order valence-electron chi connectivity index (χ0n) is 8.94. The Hall–Kier alpha value is -1.61. The van der Waals surface area contributed by atoms with Crippen LogP contribution in [0.4, 0.5) is 0 Å². The summed E-state index contributed by atoms with van der Waals surface area (Å²) < 4.78 is 6.03. The Morgan fingerprint density at radius 2 is 1.71 bits per heavy atom. The zero-order chi connectivity index (χ0) is 11.8. The van der Waals surface area contributed by atoms with Gasteiger partial charge in [-0.25, -0.2) is 4.79 Å². The summed E-state index contributed by atoms with van der Waals surface area (Å²) in [6, 6.07) is 13.9. The van der Waals surface area contributed by atoms with E-state index in [0.29, 0.717) is 12.2 Å². The summed E-state index contributed by atoms with van der Waals surface area (Å²) in [5.74, 6) is -0.223. The van der Waals surface area contributed by atoms with Crippen LogP contribution in [0.5, 0.6) is 0 Å². The highest BCUT2D eigenvalue weighted by Crippen LogP contribution is 2.27. The molecule has 84 valence electrons. The van der Waals surface area contributed by atoms with Gasteiger partial charge in [0, 0.05) is 10.0 Å². The largest absolute Gasteiger partial charge is 0.457 e. The molecular formula is C14H9BrO2. The molecule has 1 heterocycles. The van der Waals surface area contributed by atoms with Crippen LogP contribution in [0.3, 0.4) is 0 Å². The van der Waals surface area contributed by atoms with Gasteiger partial charge in [-0.05, 0) is 29.3 Å². The minimum absolute atomic E-state index is 0.223. The van der Waals surface area contributed by atoms with E-state index in [1.165, 1.54) is 0 Å². The maximum absolute atomic E-state index is 11.5. The van der Waals surface area contributed by atoms with E-state index in [-0.39, 0.29) is 5.97 Å². The summed E-state index contributed by atoms with van der Waals surface area (Å²) in [4.78, 5) is 11.5. The van der Waals surface area contributed by atoms with Crippen LogP contribution in [-0.4, -0.2) is 5.97 Å². The van der Waals surface area contributed by atoms with E-state index in [1.807, 2.05) is 42.5 Å². The van der Waals surface area contributed by atoms with Crippen molar-refractivity contribution in [2.45, 2.75) is 6.61 Å². The van der Waals surface area contributed by atoms with Gasteiger partial charge in [0.15, 0.2) is 0 Å². The van der Waals surface area contributed by atoms with E-state index in [4.69, 9.17) is 4.74 Å². The first-order valence-corrected chi connectivity index (χ1v) is 6.09. The Kier molecular flexibility index (Phi) is 2.48. The van der Waals surface area contributed by atoms with E-state index in [2.05, 4.69) is 15.9 Å². The molecule has 3 rings (SSSR count).